The fourth-order valence-corrected chi connectivity index (χ4v) is 3.63. The highest BCUT2D eigenvalue weighted by atomic mass is 32.1. The number of fused-ring (bicyclic) bond motifs is 1. The van der Waals surface area contributed by atoms with Gasteiger partial charge in [0, 0.05) is 19.0 Å². The highest BCUT2D eigenvalue weighted by Crippen LogP contribution is 2.34. The van der Waals surface area contributed by atoms with Gasteiger partial charge in [0.2, 0.25) is 5.91 Å². The molecule has 2 aromatic rings. The molecule has 0 saturated carbocycles. The summed E-state index contributed by atoms with van der Waals surface area (Å²) in [5.74, 6) is -0.194. The van der Waals surface area contributed by atoms with Crippen LogP contribution in [0.3, 0.4) is 0 Å². The zero-order chi connectivity index (χ0) is 14.3. The SMILES string of the molecule is Cc1nc2cc(N3CCC(C(N)=O)CC3)c(N)cc2s1. The van der Waals surface area contributed by atoms with Gasteiger partial charge in [0.05, 0.1) is 26.6 Å². The average Bonchev–Trinajstić information content (AvgIpc) is 2.77. The number of piperidine rings is 1. The molecular weight excluding hydrogens is 272 g/mol. The molecular formula is C14H18N4OS. The summed E-state index contributed by atoms with van der Waals surface area (Å²) in [6.07, 6.45) is 1.59. The van der Waals surface area contributed by atoms with Crippen LogP contribution in [0.15, 0.2) is 12.1 Å². The van der Waals surface area contributed by atoms with Crippen LogP contribution in [0.4, 0.5) is 11.4 Å². The Kier molecular flexibility index (Phi) is 3.25. The van der Waals surface area contributed by atoms with Gasteiger partial charge in [-0.2, -0.15) is 0 Å². The van der Waals surface area contributed by atoms with Crippen molar-refractivity contribution in [1.82, 2.24) is 4.98 Å². The van der Waals surface area contributed by atoms with E-state index < -0.39 is 0 Å². The third kappa shape index (κ3) is 2.31. The molecule has 0 atom stereocenters. The Labute approximate surface area is 121 Å². The van der Waals surface area contributed by atoms with E-state index in [1.807, 2.05) is 13.0 Å². The van der Waals surface area contributed by atoms with E-state index in [2.05, 4.69) is 16.0 Å². The number of hydrogen-bond acceptors (Lipinski definition) is 5. The molecule has 0 bridgehead atoms. The van der Waals surface area contributed by atoms with E-state index in [0.29, 0.717) is 0 Å². The van der Waals surface area contributed by atoms with Gasteiger partial charge in [0.25, 0.3) is 0 Å². The predicted octanol–water partition coefficient (Wildman–Crippen LogP) is 1.89. The fraction of sp³-hybridized carbons (Fsp3) is 0.429. The minimum absolute atomic E-state index is 0.00211. The van der Waals surface area contributed by atoms with Crippen LogP contribution in [-0.4, -0.2) is 24.0 Å². The van der Waals surface area contributed by atoms with Crippen molar-refractivity contribution in [2.45, 2.75) is 19.8 Å². The standard InChI is InChI=1S/C14H18N4OS/c1-8-17-11-7-12(10(15)6-13(11)20-8)18-4-2-9(3-5-18)14(16)19/h6-7,9H,2-5,15H2,1H3,(H2,16,19). The van der Waals surface area contributed by atoms with Crippen LogP contribution < -0.4 is 16.4 Å². The summed E-state index contributed by atoms with van der Waals surface area (Å²) in [6, 6.07) is 4.05. The molecule has 0 radical (unpaired) electrons. The highest BCUT2D eigenvalue weighted by molar-refractivity contribution is 7.18. The van der Waals surface area contributed by atoms with Crippen molar-refractivity contribution in [3.63, 3.8) is 0 Å². The van der Waals surface area contributed by atoms with E-state index in [9.17, 15) is 4.79 Å². The minimum atomic E-state index is -0.191. The number of carbonyl (C=O) groups excluding carboxylic acids is 1. The van der Waals surface area contributed by atoms with Gasteiger partial charge in [-0.15, -0.1) is 11.3 Å². The van der Waals surface area contributed by atoms with Crippen molar-refractivity contribution in [3.05, 3.63) is 17.1 Å². The van der Waals surface area contributed by atoms with E-state index in [1.165, 1.54) is 0 Å². The first-order valence-corrected chi connectivity index (χ1v) is 7.57. The average molecular weight is 290 g/mol. The molecule has 0 spiro atoms. The summed E-state index contributed by atoms with van der Waals surface area (Å²) in [5.41, 5.74) is 14.3. The third-order valence-electron chi connectivity index (χ3n) is 3.88. The van der Waals surface area contributed by atoms with Gasteiger partial charge in [-0.05, 0) is 31.9 Å². The molecule has 1 aliphatic rings. The first-order chi connectivity index (χ1) is 9.54. The van der Waals surface area contributed by atoms with Crippen LogP contribution in [0, 0.1) is 12.8 Å². The number of nitrogens with two attached hydrogens (primary N) is 2. The maximum atomic E-state index is 11.2. The maximum Gasteiger partial charge on any atom is 0.220 e. The molecule has 4 N–H and O–H groups in total. The van der Waals surface area contributed by atoms with Crippen LogP contribution in [0.25, 0.3) is 10.2 Å². The predicted molar refractivity (Wildman–Crippen MR) is 82.9 cm³/mol. The summed E-state index contributed by atoms with van der Waals surface area (Å²) < 4.78 is 1.12. The highest BCUT2D eigenvalue weighted by Gasteiger charge is 2.24. The number of aromatic nitrogens is 1. The number of aryl methyl sites for hydroxylation is 1. The van der Waals surface area contributed by atoms with E-state index in [-0.39, 0.29) is 11.8 Å². The Morgan fingerprint density at radius 3 is 2.75 bits per heavy atom. The summed E-state index contributed by atoms with van der Waals surface area (Å²) in [7, 11) is 0. The molecule has 1 saturated heterocycles. The number of thiazole rings is 1. The van der Waals surface area contributed by atoms with Crippen molar-refractivity contribution >= 4 is 38.8 Å². The summed E-state index contributed by atoms with van der Waals surface area (Å²) in [4.78, 5) is 18.0. The molecule has 20 heavy (non-hydrogen) atoms. The molecule has 1 amide bonds. The molecule has 0 aliphatic carbocycles. The summed E-state index contributed by atoms with van der Waals surface area (Å²) in [6.45, 7) is 3.62. The number of rotatable bonds is 2. The fourth-order valence-electron chi connectivity index (χ4n) is 2.77. The number of carbonyl (C=O) groups is 1. The van der Waals surface area contributed by atoms with Gasteiger partial charge in [-0.25, -0.2) is 4.98 Å². The number of hydrogen-bond donors (Lipinski definition) is 2. The van der Waals surface area contributed by atoms with Crippen molar-refractivity contribution in [3.8, 4) is 0 Å². The number of nitrogens with zero attached hydrogens (tertiary/aromatic N) is 2. The lowest BCUT2D eigenvalue weighted by molar-refractivity contribution is -0.122. The normalized spacial score (nSPS) is 16.8. The number of amides is 1. The van der Waals surface area contributed by atoms with Gasteiger partial charge in [-0.1, -0.05) is 0 Å². The minimum Gasteiger partial charge on any atom is -0.397 e. The van der Waals surface area contributed by atoms with Gasteiger partial charge in [-0.3, -0.25) is 4.79 Å². The zero-order valence-corrected chi connectivity index (χ0v) is 12.2. The molecule has 1 fully saturated rings. The van der Waals surface area contributed by atoms with Crippen molar-refractivity contribution in [1.29, 1.82) is 0 Å². The number of primary amides is 1. The monoisotopic (exact) mass is 290 g/mol. The Morgan fingerprint density at radius 2 is 2.10 bits per heavy atom. The van der Waals surface area contributed by atoms with Crippen LogP contribution in [0.5, 0.6) is 0 Å². The van der Waals surface area contributed by atoms with Crippen molar-refractivity contribution in [2.75, 3.05) is 23.7 Å². The van der Waals surface area contributed by atoms with Gasteiger partial charge < -0.3 is 16.4 Å². The Bertz CT molecular complexity index is 658. The van der Waals surface area contributed by atoms with E-state index in [4.69, 9.17) is 11.5 Å². The molecule has 106 valence electrons. The Hall–Kier alpha value is -1.82. The molecule has 0 unspecified atom stereocenters. The lowest BCUT2D eigenvalue weighted by Gasteiger charge is -2.33. The lowest BCUT2D eigenvalue weighted by atomic mass is 9.96. The number of benzene rings is 1. The molecule has 3 rings (SSSR count). The molecule has 1 aliphatic heterocycles. The largest absolute Gasteiger partial charge is 0.397 e. The topological polar surface area (TPSA) is 85.2 Å². The number of nitrogen functional groups attached to an aromatic ring is 1. The molecule has 6 heteroatoms. The van der Waals surface area contributed by atoms with Gasteiger partial charge in [0.15, 0.2) is 0 Å². The van der Waals surface area contributed by atoms with Gasteiger partial charge in [0.1, 0.15) is 0 Å². The van der Waals surface area contributed by atoms with Crippen molar-refractivity contribution in [2.24, 2.45) is 11.7 Å². The quantitative estimate of drug-likeness (QED) is 0.827. The molecule has 1 aromatic carbocycles. The second-order valence-electron chi connectivity index (χ2n) is 5.28. The van der Waals surface area contributed by atoms with Gasteiger partial charge >= 0.3 is 0 Å². The van der Waals surface area contributed by atoms with E-state index in [0.717, 1.165) is 52.5 Å². The smallest absolute Gasteiger partial charge is 0.220 e. The molecule has 5 nitrogen and oxygen atoms in total. The van der Waals surface area contributed by atoms with Crippen LogP contribution >= 0.6 is 11.3 Å². The molecule has 1 aromatic heterocycles. The van der Waals surface area contributed by atoms with E-state index in [1.54, 1.807) is 11.3 Å². The first-order valence-electron chi connectivity index (χ1n) is 6.75. The Morgan fingerprint density at radius 1 is 1.40 bits per heavy atom. The van der Waals surface area contributed by atoms with E-state index >= 15 is 0 Å². The maximum absolute atomic E-state index is 11.2. The second-order valence-corrected chi connectivity index (χ2v) is 6.51. The van der Waals surface area contributed by atoms with Crippen LogP contribution in [-0.2, 0) is 4.79 Å². The lowest BCUT2D eigenvalue weighted by Crippen LogP contribution is -2.38. The Balaban J connectivity index is 1.87. The van der Waals surface area contributed by atoms with Crippen LogP contribution in [0.2, 0.25) is 0 Å². The summed E-state index contributed by atoms with van der Waals surface area (Å²) >= 11 is 1.66. The molecule has 2 heterocycles. The summed E-state index contributed by atoms with van der Waals surface area (Å²) in [5, 5.41) is 1.05. The van der Waals surface area contributed by atoms with Crippen LogP contribution in [0.1, 0.15) is 17.8 Å². The van der Waals surface area contributed by atoms with Crippen molar-refractivity contribution < 1.29 is 4.79 Å². The third-order valence-corrected chi connectivity index (χ3v) is 4.82. The zero-order valence-electron chi connectivity index (χ0n) is 11.4. The first kappa shape index (κ1) is 13.2. The number of anilines is 2. The second kappa shape index (κ2) is 4.94.